The third-order valence-electron chi connectivity index (χ3n) is 4.99. The van der Waals surface area contributed by atoms with Gasteiger partial charge in [0.2, 0.25) is 11.7 Å². The van der Waals surface area contributed by atoms with Gasteiger partial charge in [0.15, 0.2) is 0 Å². The number of nitrogens with zero attached hydrogens (tertiary/aromatic N) is 4. The lowest BCUT2D eigenvalue weighted by Crippen LogP contribution is -2.41. The lowest BCUT2D eigenvalue weighted by Gasteiger charge is -2.38. The molecule has 3 N–H and O–H groups in total. The predicted octanol–water partition coefficient (Wildman–Crippen LogP) is 1.51. The van der Waals surface area contributed by atoms with Crippen LogP contribution >= 0.6 is 0 Å². The van der Waals surface area contributed by atoms with Crippen LogP contribution in [-0.4, -0.2) is 49.8 Å². The van der Waals surface area contributed by atoms with Crippen LogP contribution in [-0.2, 0) is 0 Å². The van der Waals surface area contributed by atoms with Crippen LogP contribution in [0.25, 0.3) is 11.4 Å². The molecule has 0 aliphatic heterocycles. The summed E-state index contributed by atoms with van der Waals surface area (Å²) in [6.07, 6.45) is 2.62. The molecule has 1 saturated carbocycles. The summed E-state index contributed by atoms with van der Waals surface area (Å²) in [5, 5.41) is 26.8. The summed E-state index contributed by atoms with van der Waals surface area (Å²) >= 11 is 0. The van der Waals surface area contributed by atoms with E-state index < -0.39 is 0 Å². The first-order chi connectivity index (χ1) is 13.7. The molecule has 28 heavy (non-hydrogen) atoms. The molecule has 0 saturated heterocycles. The van der Waals surface area contributed by atoms with Gasteiger partial charge in [0.25, 0.3) is 5.91 Å². The third-order valence-corrected chi connectivity index (χ3v) is 4.99. The van der Waals surface area contributed by atoms with Gasteiger partial charge in [0, 0.05) is 17.8 Å². The maximum atomic E-state index is 13.1. The highest BCUT2D eigenvalue weighted by Crippen LogP contribution is 2.38. The summed E-state index contributed by atoms with van der Waals surface area (Å²) in [5.74, 6) is 0.742. The SMILES string of the molecule is COc1ccc(C(NC(=O)c2ccccc2-c2nn[nH]n2)C2CC(O)C2)cn1. The zero-order valence-corrected chi connectivity index (χ0v) is 15.2. The van der Waals surface area contributed by atoms with Crippen molar-refractivity contribution in [3.05, 3.63) is 53.7 Å². The number of carbonyl (C=O) groups excluding carboxylic acids is 1. The van der Waals surface area contributed by atoms with E-state index in [-0.39, 0.29) is 24.0 Å². The van der Waals surface area contributed by atoms with E-state index >= 15 is 0 Å². The summed E-state index contributed by atoms with van der Waals surface area (Å²) in [5.41, 5.74) is 1.91. The predicted molar refractivity (Wildman–Crippen MR) is 99.3 cm³/mol. The Morgan fingerprint density at radius 1 is 1.29 bits per heavy atom. The molecule has 1 unspecified atom stereocenters. The van der Waals surface area contributed by atoms with Gasteiger partial charge >= 0.3 is 0 Å². The number of nitrogens with one attached hydrogen (secondary N) is 2. The van der Waals surface area contributed by atoms with E-state index in [9.17, 15) is 9.90 Å². The Hall–Kier alpha value is -3.33. The number of aromatic nitrogens is 5. The van der Waals surface area contributed by atoms with Crippen molar-refractivity contribution in [2.45, 2.75) is 25.0 Å². The van der Waals surface area contributed by atoms with E-state index in [1.54, 1.807) is 37.6 Å². The standard InChI is InChI=1S/C19H20N6O3/c1-28-16-7-6-11(10-20-16)17(12-8-13(26)9-12)21-19(27)15-5-3-2-4-14(15)18-22-24-25-23-18/h2-7,10,12-13,17,26H,8-9H2,1H3,(H,21,27)(H,22,23,24,25). The largest absolute Gasteiger partial charge is 0.481 e. The van der Waals surface area contributed by atoms with Crippen LogP contribution < -0.4 is 10.1 Å². The van der Waals surface area contributed by atoms with E-state index in [0.717, 1.165) is 5.56 Å². The third kappa shape index (κ3) is 3.56. The Morgan fingerprint density at radius 3 is 2.75 bits per heavy atom. The van der Waals surface area contributed by atoms with Crippen LogP contribution in [0.3, 0.4) is 0 Å². The molecule has 2 aromatic heterocycles. The number of benzene rings is 1. The Balaban J connectivity index is 1.61. The monoisotopic (exact) mass is 380 g/mol. The number of pyridine rings is 1. The Kier molecular flexibility index (Phi) is 4.98. The lowest BCUT2D eigenvalue weighted by atomic mass is 9.75. The maximum Gasteiger partial charge on any atom is 0.252 e. The molecule has 1 fully saturated rings. The first-order valence-electron chi connectivity index (χ1n) is 8.97. The van der Waals surface area contributed by atoms with Crippen LogP contribution in [0.1, 0.15) is 34.8 Å². The number of aromatic amines is 1. The van der Waals surface area contributed by atoms with Crippen molar-refractivity contribution < 1.29 is 14.6 Å². The van der Waals surface area contributed by atoms with Crippen molar-refractivity contribution in [1.82, 2.24) is 30.9 Å². The zero-order chi connectivity index (χ0) is 19.5. The number of ether oxygens (including phenoxy) is 1. The summed E-state index contributed by atoms with van der Waals surface area (Å²) in [4.78, 5) is 17.3. The number of aliphatic hydroxyl groups is 1. The fourth-order valence-electron chi connectivity index (χ4n) is 3.44. The van der Waals surface area contributed by atoms with Crippen LogP contribution in [0.4, 0.5) is 0 Å². The summed E-state index contributed by atoms with van der Waals surface area (Å²) < 4.78 is 5.11. The van der Waals surface area contributed by atoms with Gasteiger partial charge in [-0.25, -0.2) is 4.98 Å². The molecule has 1 atom stereocenters. The molecule has 2 heterocycles. The van der Waals surface area contributed by atoms with Crippen molar-refractivity contribution >= 4 is 5.91 Å². The van der Waals surface area contributed by atoms with Crippen molar-refractivity contribution in [3.63, 3.8) is 0 Å². The van der Waals surface area contributed by atoms with Gasteiger partial charge in [0.1, 0.15) is 0 Å². The average molecular weight is 380 g/mol. The molecule has 4 rings (SSSR count). The number of H-pyrrole nitrogens is 1. The lowest BCUT2D eigenvalue weighted by molar-refractivity contribution is 0.0234. The van der Waals surface area contributed by atoms with Gasteiger partial charge in [-0.05, 0) is 35.6 Å². The van der Waals surface area contributed by atoms with E-state index in [0.29, 0.717) is 35.7 Å². The van der Waals surface area contributed by atoms with Crippen molar-refractivity contribution in [2.24, 2.45) is 5.92 Å². The van der Waals surface area contributed by atoms with Gasteiger partial charge in [-0.2, -0.15) is 5.21 Å². The van der Waals surface area contributed by atoms with E-state index in [2.05, 4.69) is 30.9 Å². The minimum absolute atomic E-state index is 0.131. The maximum absolute atomic E-state index is 13.1. The van der Waals surface area contributed by atoms with Crippen molar-refractivity contribution in [3.8, 4) is 17.3 Å². The molecule has 144 valence electrons. The molecule has 3 aromatic rings. The Labute approximate surface area is 161 Å². The summed E-state index contributed by atoms with van der Waals surface area (Å²) in [7, 11) is 1.55. The zero-order valence-electron chi connectivity index (χ0n) is 15.2. The number of hydrogen-bond donors (Lipinski definition) is 3. The molecule has 1 aromatic carbocycles. The fourth-order valence-corrected chi connectivity index (χ4v) is 3.44. The van der Waals surface area contributed by atoms with Gasteiger partial charge in [-0.1, -0.05) is 24.3 Å². The second-order valence-corrected chi connectivity index (χ2v) is 6.75. The summed E-state index contributed by atoms with van der Waals surface area (Å²) in [6.45, 7) is 0. The molecule has 0 radical (unpaired) electrons. The smallest absolute Gasteiger partial charge is 0.252 e. The van der Waals surface area contributed by atoms with Gasteiger partial charge in [-0.15, -0.1) is 10.2 Å². The second kappa shape index (κ2) is 7.73. The van der Waals surface area contributed by atoms with Crippen molar-refractivity contribution in [2.75, 3.05) is 7.11 Å². The van der Waals surface area contributed by atoms with Crippen LogP contribution in [0.5, 0.6) is 5.88 Å². The van der Waals surface area contributed by atoms with Gasteiger partial charge in [0.05, 0.1) is 24.8 Å². The Bertz CT molecular complexity index is 939. The highest BCUT2D eigenvalue weighted by Gasteiger charge is 2.36. The molecule has 9 nitrogen and oxygen atoms in total. The fraction of sp³-hybridized carbons (Fsp3) is 0.316. The molecular formula is C19H20N6O3. The van der Waals surface area contributed by atoms with Gasteiger partial charge < -0.3 is 15.2 Å². The quantitative estimate of drug-likeness (QED) is 0.592. The normalized spacial score (nSPS) is 19.5. The van der Waals surface area contributed by atoms with Crippen LogP contribution in [0.15, 0.2) is 42.6 Å². The average Bonchev–Trinajstić information content (AvgIpc) is 3.25. The highest BCUT2D eigenvalue weighted by molar-refractivity contribution is 6.00. The van der Waals surface area contributed by atoms with Crippen LogP contribution in [0.2, 0.25) is 0 Å². The van der Waals surface area contributed by atoms with Crippen LogP contribution in [0, 0.1) is 5.92 Å². The topological polar surface area (TPSA) is 126 Å². The van der Waals surface area contributed by atoms with E-state index in [1.807, 2.05) is 12.1 Å². The number of amides is 1. The summed E-state index contributed by atoms with van der Waals surface area (Å²) in [6, 6.07) is 10.5. The first kappa shape index (κ1) is 18.1. The van der Waals surface area contributed by atoms with E-state index in [1.165, 1.54) is 0 Å². The molecule has 1 aliphatic carbocycles. The minimum atomic E-state index is -0.331. The minimum Gasteiger partial charge on any atom is -0.481 e. The number of aliphatic hydroxyl groups excluding tert-OH is 1. The molecule has 1 aliphatic rings. The molecule has 1 amide bonds. The first-order valence-corrected chi connectivity index (χ1v) is 8.97. The number of methoxy groups -OCH3 is 1. The number of hydrogen-bond acceptors (Lipinski definition) is 7. The Morgan fingerprint density at radius 2 is 2.11 bits per heavy atom. The number of carbonyl (C=O) groups is 1. The molecule has 9 heteroatoms. The van der Waals surface area contributed by atoms with Crippen molar-refractivity contribution in [1.29, 1.82) is 0 Å². The van der Waals surface area contributed by atoms with E-state index in [4.69, 9.17) is 4.74 Å². The van der Waals surface area contributed by atoms with Gasteiger partial charge in [-0.3, -0.25) is 4.79 Å². The molecule has 0 bridgehead atoms. The number of rotatable bonds is 6. The molecular weight excluding hydrogens is 360 g/mol. The highest BCUT2D eigenvalue weighted by atomic mass is 16.5. The second-order valence-electron chi connectivity index (χ2n) is 6.75. The molecule has 0 spiro atoms. The number of tetrazole rings is 1.